The zero-order chi connectivity index (χ0) is 11.1. The summed E-state index contributed by atoms with van der Waals surface area (Å²) in [6.45, 7) is 8.66. The third-order valence-corrected chi connectivity index (χ3v) is 3.48. The fourth-order valence-corrected chi connectivity index (χ4v) is 2.21. The van der Waals surface area contributed by atoms with Crippen LogP contribution in [0.5, 0.6) is 0 Å². The fourth-order valence-electron chi connectivity index (χ4n) is 1.28. The summed E-state index contributed by atoms with van der Waals surface area (Å²) in [5.41, 5.74) is 1.38. The third kappa shape index (κ3) is 5.24. The summed E-state index contributed by atoms with van der Waals surface area (Å²) < 4.78 is 0. The molecule has 0 saturated carbocycles. The normalized spacial score (nSPS) is 10.9. The van der Waals surface area contributed by atoms with Crippen molar-refractivity contribution in [2.75, 3.05) is 12.3 Å². The Kier molecular flexibility index (Phi) is 5.81. The molecule has 0 saturated heterocycles. The Morgan fingerprint density at radius 3 is 2.80 bits per heavy atom. The Bertz CT molecular complexity index is 284. The number of hydrogen-bond donors (Lipinski definition) is 1. The first-order chi connectivity index (χ1) is 7.22. The molecule has 0 heterocycles. The summed E-state index contributed by atoms with van der Waals surface area (Å²) in [4.78, 5) is 1.39. The topological polar surface area (TPSA) is 12.0 Å². The second kappa shape index (κ2) is 6.91. The van der Waals surface area contributed by atoms with E-state index in [1.54, 1.807) is 0 Å². The molecule has 0 aliphatic carbocycles. The maximum Gasteiger partial charge on any atom is 0.0205 e. The Hall–Kier alpha value is -0.470. The first kappa shape index (κ1) is 12.6. The molecule has 0 radical (unpaired) electrons. The van der Waals surface area contributed by atoms with Crippen LogP contribution in [-0.2, 0) is 6.54 Å². The molecule has 0 unspecified atom stereocenters. The molecule has 0 fully saturated rings. The smallest absolute Gasteiger partial charge is 0.0205 e. The van der Waals surface area contributed by atoms with Crippen molar-refractivity contribution in [2.45, 2.75) is 32.2 Å². The maximum atomic E-state index is 3.35. The molecule has 0 amide bonds. The molecule has 1 rings (SSSR count). The van der Waals surface area contributed by atoms with Crippen molar-refractivity contribution < 1.29 is 0 Å². The zero-order valence-corrected chi connectivity index (χ0v) is 10.7. The Morgan fingerprint density at radius 2 is 2.13 bits per heavy atom. The predicted octanol–water partition coefficient (Wildman–Crippen LogP) is 3.54. The molecule has 0 aliphatic rings. The van der Waals surface area contributed by atoms with Gasteiger partial charge >= 0.3 is 0 Å². The van der Waals surface area contributed by atoms with Gasteiger partial charge in [0, 0.05) is 17.2 Å². The van der Waals surface area contributed by atoms with Gasteiger partial charge in [-0.1, -0.05) is 32.9 Å². The summed E-state index contributed by atoms with van der Waals surface area (Å²) >= 11 is 1.95. The highest BCUT2D eigenvalue weighted by atomic mass is 32.2. The van der Waals surface area contributed by atoms with Gasteiger partial charge in [0.25, 0.3) is 0 Å². The second-order valence-corrected chi connectivity index (χ2v) is 5.23. The fraction of sp³-hybridized carbons (Fsp3) is 0.538. The van der Waals surface area contributed by atoms with E-state index < -0.39 is 0 Å². The van der Waals surface area contributed by atoms with Crippen LogP contribution in [-0.4, -0.2) is 12.3 Å². The van der Waals surface area contributed by atoms with Crippen molar-refractivity contribution in [3.8, 4) is 0 Å². The van der Waals surface area contributed by atoms with Crippen molar-refractivity contribution in [2.24, 2.45) is 5.92 Å². The van der Waals surface area contributed by atoms with Crippen LogP contribution in [0.25, 0.3) is 0 Å². The van der Waals surface area contributed by atoms with E-state index in [9.17, 15) is 0 Å². The van der Waals surface area contributed by atoms with E-state index in [4.69, 9.17) is 0 Å². The monoisotopic (exact) mass is 223 g/mol. The molecule has 0 bridgehead atoms. The summed E-state index contributed by atoms with van der Waals surface area (Å²) in [5.74, 6) is 1.96. The molecule has 0 spiro atoms. The lowest BCUT2D eigenvalue weighted by atomic mass is 10.2. The van der Waals surface area contributed by atoms with Crippen LogP contribution in [0.4, 0.5) is 0 Å². The molecule has 1 aromatic rings. The minimum Gasteiger partial charge on any atom is -0.313 e. The minimum atomic E-state index is 0.757. The molecule has 1 N–H and O–H groups in total. The number of rotatable bonds is 6. The van der Waals surface area contributed by atoms with Crippen molar-refractivity contribution in [3.05, 3.63) is 29.8 Å². The highest BCUT2D eigenvalue weighted by Gasteiger charge is 1.98. The molecule has 15 heavy (non-hydrogen) atoms. The third-order valence-electron chi connectivity index (χ3n) is 2.06. The largest absolute Gasteiger partial charge is 0.313 e. The Balaban J connectivity index is 2.50. The summed E-state index contributed by atoms with van der Waals surface area (Å²) in [7, 11) is 0. The van der Waals surface area contributed by atoms with Gasteiger partial charge in [-0.15, -0.1) is 11.8 Å². The first-order valence-corrected chi connectivity index (χ1v) is 6.63. The van der Waals surface area contributed by atoms with Crippen LogP contribution >= 0.6 is 11.8 Å². The van der Waals surface area contributed by atoms with Crippen LogP contribution in [0.2, 0.25) is 0 Å². The van der Waals surface area contributed by atoms with E-state index in [0.717, 1.165) is 19.0 Å². The van der Waals surface area contributed by atoms with Gasteiger partial charge in [-0.05, 0) is 30.2 Å². The van der Waals surface area contributed by atoms with Crippen LogP contribution in [0.1, 0.15) is 26.3 Å². The van der Waals surface area contributed by atoms with Crippen molar-refractivity contribution >= 4 is 11.8 Å². The van der Waals surface area contributed by atoms with Crippen LogP contribution < -0.4 is 5.32 Å². The molecule has 0 aliphatic heterocycles. The average Bonchev–Trinajstić information content (AvgIpc) is 2.24. The van der Waals surface area contributed by atoms with Crippen LogP contribution in [0, 0.1) is 5.92 Å². The van der Waals surface area contributed by atoms with Gasteiger partial charge in [-0.3, -0.25) is 0 Å². The minimum absolute atomic E-state index is 0.757. The molecule has 2 heteroatoms. The molecule has 1 nitrogen and oxygen atoms in total. The molecule has 0 atom stereocenters. The SMILES string of the molecule is CCNCc1cccc(SCC(C)C)c1. The number of benzene rings is 1. The van der Waals surface area contributed by atoms with E-state index >= 15 is 0 Å². The van der Waals surface area contributed by atoms with E-state index in [-0.39, 0.29) is 0 Å². The Labute approximate surface area is 97.7 Å². The lowest BCUT2D eigenvalue weighted by molar-refractivity contribution is 0.725. The average molecular weight is 223 g/mol. The summed E-state index contributed by atoms with van der Waals surface area (Å²) in [5, 5.41) is 3.35. The van der Waals surface area contributed by atoms with Gasteiger partial charge in [0.15, 0.2) is 0 Å². The van der Waals surface area contributed by atoms with Crippen molar-refractivity contribution in [1.82, 2.24) is 5.32 Å². The van der Waals surface area contributed by atoms with E-state index in [1.165, 1.54) is 16.2 Å². The van der Waals surface area contributed by atoms with Gasteiger partial charge in [0.05, 0.1) is 0 Å². The zero-order valence-electron chi connectivity index (χ0n) is 9.92. The second-order valence-electron chi connectivity index (χ2n) is 4.13. The van der Waals surface area contributed by atoms with Gasteiger partial charge in [-0.25, -0.2) is 0 Å². The van der Waals surface area contributed by atoms with Gasteiger partial charge in [0.1, 0.15) is 0 Å². The number of nitrogens with one attached hydrogen (secondary N) is 1. The van der Waals surface area contributed by atoms with Crippen LogP contribution in [0.3, 0.4) is 0 Å². The van der Waals surface area contributed by atoms with E-state index in [1.807, 2.05) is 11.8 Å². The molecule has 84 valence electrons. The van der Waals surface area contributed by atoms with Crippen LogP contribution in [0.15, 0.2) is 29.2 Å². The standard InChI is InChI=1S/C13H21NS/c1-4-14-9-12-6-5-7-13(8-12)15-10-11(2)3/h5-8,11,14H,4,9-10H2,1-3H3. The first-order valence-electron chi connectivity index (χ1n) is 5.64. The molecule has 1 aromatic carbocycles. The maximum absolute atomic E-state index is 3.35. The van der Waals surface area contributed by atoms with Crippen molar-refractivity contribution in [1.29, 1.82) is 0 Å². The molecular formula is C13H21NS. The lowest BCUT2D eigenvalue weighted by Crippen LogP contribution is -2.11. The Morgan fingerprint density at radius 1 is 1.33 bits per heavy atom. The van der Waals surface area contributed by atoms with Gasteiger partial charge < -0.3 is 5.32 Å². The summed E-state index contributed by atoms with van der Waals surface area (Å²) in [6, 6.07) is 8.82. The van der Waals surface area contributed by atoms with Crippen molar-refractivity contribution in [3.63, 3.8) is 0 Å². The lowest BCUT2D eigenvalue weighted by Gasteiger charge is -2.07. The molecular weight excluding hydrogens is 202 g/mol. The quantitative estimate of drug-likeness (QED) is 0.740. The van der Waals surface area contributed by atoms with Gasteiger partial charge in [0.2, 0.25) is 0 Å². The number of hydrogen-bond acceptors (Lipinski definition) is 2. The van der Waals surface area contributed by atoms with Gasteiger partial charge in [-0.2, -0.15) is 0 Å². The molecule has 0 aromatic heterocycles. The predicted molar refractivity (Wildman–Crippen MR) is 69.4 cm³/mol. The summed E-state index contributed by atoms with van der Waals surface area (Å²) in [6.07, 6.45) is 0. The van der Waals surface area contributed by atoms with E-state index in [0.29, 0.717) is 0 Å². The highest BCUT2D eigenvalue weighted by molar-refractivity contribution is 7.99. The number of thioether (sulfide) groups is 1. The van der Waals surface area contributed by atoms with E-state index in [2.05, 4.69) is 50.4 Å². The highest BCUT2D eigenvalue weighted by Crippen LogP contribution is 2.21.